The minimum Gasteiger partial charge on any atom is -0.478 e. The number of aliphatic imine (C=N–C) groups is 1. The Bertz CT molecular complexity index is 1180. The average Bonchev–Trinajstić information content (AvgIpc) is 3.44. The number of amides is 1. The molecule has 1 amide bonds. The molecule has 0 radical (unpaired) electrons. The van der Waals surface area contributed by atoms with E-state index in [1.54, 1.807) is 24.3 Å². The summed E-state index contributed by atoms with van der Waals surface area (Å²) in [5.74, 6) is 0.0721. The molecule has 1 aromatic heterocycles. The molecule has 1 aromatic carbocycles. The van der Waals surface area contributed by atoms with E-state index in [9.17, 15) is 14.7 Å². The first-order chi connectivity index (χ1) is 17.0. The lowest BCUT2D eigenvalue weighted by Gasteiger charge is -2.31. The van der Waals surface area contributed by atoms with Crippen molar-refractivity contribution in [2.24, 2.45) is 4.99 Å². The van der Waals surface area contributed by atoms with Crippen LogP contribution in [0.1, 0.15) is 80.3 Å². The average molecular weight is 513 g/mol. The van der Waals surface area contributed by atoms with E-state index in [0.717, 1.165) is 43.7 Å². The number of nitrogens with zero attached hydrogens (tertiary/aromatic N) is 2. The van der Waals surface area contributed by atoms with Crippen molar-refractivity contribution in [1.29, 1.82) is 0 Å². The van der Waals surface area contributed by atoms with Gasteiger partial charge in [-0.05, 0) is 61.7 Å². The highest BCUT2D eigenvalue weighted by Gasteiger charge is 2.39. The van der Waals surface area contributed by atoms with E-state index in [0.29, 0.717) is 28.0 Å². The number of amidine groups is 1. The second-order valence-corrected chi connectivity index (χ2v) is 10.9. The Kier molecular flexibility index (Phi) is 7.35. The highest BCUT2D eigenvalue weighted by atomic mass is 35.5. The maximum absolute atomic E-state index is 13.5. The monoisotopic (exact) mass is 512 g/mol. The number of carbonyl (C=O) groups excluding carboxylic acids is 1. The van der Waals surface area contributed by atoms with Gasteiger partial charge < -0.3 is 9.52 Å². The third-order valence-electron chi connectivity index (χ3n) is 7.03. The molecule has 8 heteroatoms. The van der Waals surface area contributed by atoms with Crippen molar-refractivity contribution in [3.8, 4) is 11.3 Å². The lowest BCUT2D eigenvalue weighted by Crippen LogP contribution is -2.41. The first-order valence-corrected chi connectivity index (χ1v) is 13.6. The molecule has 2 heterocycles. The van der Waals surface area contributed by atoms with Crippen LogP contribution in [0.25, 0.3) is 17.4 Å². The lowest BCUT2D eigenvalue weighted by atomic mass is 9.94. The van der Waals surface area contributed by atoms with Crippen molar-refractivity contribution in [3.05, 3.63) is 51.6 Å². The Morgan fingerprint density at radius 2 is 1.77 bits per heavy atom. The summed E-state index contributed by atoms with van der Waals surface area (Å²) in [5.41, 5.74) is 0.725. The SMILES string of the molecule is O=C(O)c1ccc(-c2ccc(C=C3SC(=NC4CCCCC4)N(C4CCCCC4)C3=O)o2)cc1Cl. The van der Waals surface area contributed by atoms with Gasteiger partial charge in [0.2, 0.25) is 0 Å². The number of rotatable bonds is 5. The van der Waals surface area contributed by atoms with Crippen LogP contribution in [0.15, 0.2) is 44.6 Å². The first kappa shape index (κ1) is 24.2. The van der Waals surface area contributed by atoms with E-state index < -0.39 is 5.97 Å². The van der Waals surface area contributed by atoms with Gasteiger partial charge in [0.1, 0.15) is 11.5 Å². The van der Waals surface area contributed by atoms with E-state index in [-0.39, 0.29) is 22.5 Å². The van der Waals surface area contributed by atoms with E-state index in [1.165, 1.54) is 43.5 Å². The molecule has 6 nitrogen and oxygen atoms in total. The summed E-state index contributed by atoms with van der Waals surface area (Å²) in [5, 5.41) is 10.2. The summed E-state index contributed by atoms with van der Waals surface area (Å²) in [6.07, 6.45) is 13.3. The van der Waals surface area contributed by atoms with E-state index >= 15 is 0 Å². The zero-order valence-corrected chi connectivity index (χ0v) is 21.1. The third kappa shape index (κ3) is 5.36. The predicted molar refractivity (Wildman–Crippen MR) is 140 cm³/mol. The summed E-state index contributed by atoms with van der Waals surface area (Å²) in [6, 6.07) is 8.86. The molecule has 0 bridgehead atoms. The van der Waals surface area contributed by atoms with Crippen LogP contribution in [-0.4, -0.2) is 39.1 Å². The maximum Gasteiger partial charge on any atom is 0.337 e. The van der Waals surface area contributed by atoms with Gasteiger partial charge in [0.15, 0.2) is 5.17 Å². The van der Waals surface area contributed by atoms with Gasteiger partial charge in [-0.1, -0.05) is 56.2 Å². The van der Waals surface area contributed by atoms with Crippen LogP contribution >= 0.6 is 23.4 Å². The van der Waals surface area contributed by atoms with Gasteiger partial charge in [0, 0.05) is 17.7 Å². The van der Waals surface area contributed by atoms with Gasteiger partial charge in [-0.2, -0.15) is 0 Å². The second-order valence-electron chi connectivity index (χ2n) is 9.48. The number of carbonyl (C=O) groups is 2. The third-order valence-corrected chi connectivity index (χ3v) is 8.34. The maximum atomic E-state index is 13.5. The molecule has 3 aliphatic rings. The van der Waals surface area contributed by atoms with Crippen LogP contribution in [0.4, 0.5) is 0 Å². The Balaban J connectivity index is 1.40. The van der Waals surface area contributed by atoms with Crippen LogP contribution in [0.2, 0.25) is 5.02 Å². The van der Waals surface area contributed by atoms with Crippen molar-refractivity contribution in [1.82, 2.24) is 4.90 Å². The zero-order chi connectivity index (χ0) is 24.4. The highest BCUT2D eigenvalue weighted by molar-refractivity contribution is 8.18. The summed E-state index contributed by atoms with van der Waals surface area (Å²) >= 11 is 7.59. The standard InChI is InChI=1S/C27H29ClN2O4S/c28-22-15-17(11-13-21(22)26(32)33)23-14-12-20(34-23)16-24-25(31)30(19-9-5-2-6-10-19)27(35-24)29-18-7-3-1-4-8-18/h11-16,18-19H,1-10H2,(H,32,33). The van der Waals surface area contributed by atoms with Crippen LogP contribution in [0.5, 0.6) is 0 Å². The molecule has 35 heavy (non-hydrogen) atoms. The molecule has 3 fully saturated rings. The van der Waals surface area contributed by atoms with E-state index in [2.05, 4.69) is 0 Å². The number of carboxylic acid groups (broad SMARTS) is 1. The van der Waals surface area contributed by atoms with Crippen molar-refractivity contribution < 1.29 is 19.1 Å². The van der Waals surface area contributed by atoms with Crippen molar-refractivity contribution in [2.45, 2.75) is 76.3 Å². The molecule has 0 atom stereocenters. The van der Waals surface area contributed by atoms with Crippen molar-refractivity contribution in [3.63, 3.8) is 0 Å². The van der Waals surface area contributed by atoms with Gasteiger partial charge in [0.05, 0.1) is 21.5 Å². The van der Waals surface area contributed by atoms with Crippen molar-refractivity contribution >= 4 is 46.5 Å². The van der Waals surface area contributed by atoms with Gasteiger partial charge in [-0.25, -0.2) is 4.79 Å². The highest BCUT2D eigenvalue weighted by Crippen LogP contribution is 2.39. The van der Waals surface area contributed by atoms with Gasteiger partial charge in [-0.3, -0.25) is 14.7 Å². The molecule has 184 valence electrons. The minimum absolute atomic E-state index is 0.0169. The van der Waals surface area contributed by atoms with E-state index in [4.69, 9.17) is 21.0 Å². The number of aromatic carboxylic acids is 1. The molecular weight excluding hydrogens is 484 g/mol. The molecule has 1 aliphatic heterocycles. The van der Waals surface area contributed by atoms with Crippen LogP contribution < -0.4 is 0 Å². The summed E-state index contributed by atoms with van der Waals surface area (Å²) in [7, 11) is 0. The number of halogens is 1. The fraction of sp³-hybridized carbons (Fsp3) is 0.444. The van der Waals surface area contributed by atoms with Crippen LogP contribution in [-0.2, 0) is 4.79 Å². The minimum atomic E-state index is -1.07. The molecule has 2 aliphatic carbocycles. The van der Waals surface area contributed by atoms with Crippen molar-refractivity contribution in [2.75, 3.05) is 0 Å². The van der Waals surface area contributed by atoms with Gasteiger partial charge in [-0.15, -0.1) is 0 Å². The Hall–Kier alpha value is -2.51. The number of thioether (sulfide) groups is 1. The zero-order valence-electron chi connectivity index (χ0n) is 19.5. The molecule has 2 aromatic rings. The molecular formula is C27H29ClN2O4S. The fourth-order valence-electron chi connectivity index (χ4n) is 5.16. The first-order valence-electron chi connectivity index (χ1n) is 12.4. The number of carboxylic acids is 1. The summed E-state index contributed by atoms with van der Waals surface area (Å²) < 4.78 is 5.99. The van der Waals surface area contributed by atoms with E-state index in [1.807, 2.05) is 11.0 Å². The molecule has 1 N–H and O–H groups in total. The quantitative estimate of drug-likeness (QED) is 0.427. The molecule has 2 saturated carbocycles. The molecule has 1 saturated heterocycles. The Morgan fingerprint density at radius 1 is 1.06 bits per heavy atom. The number of benzene rings is 1. The number of furan rings is 1. The lowest BCUT2D eigenvalue weighted by molar-refractivity contribution is -0.124. The normalized spacial score (nSPS) is 22.4. The molecule has 0 spiro atoms. The predicted octanol–water partition coefficient (Wildman–Crippen LogP) is 7.24. The summed E-state index contributed by atoms with van der Waals surface area (Å²) in [4.78, 5) is 32.4. The summed E-state index contributed by atoms with van der Waals surface area (Å²) in [6.45, 7) is 0. The Labute approximate surface area is 214 Å². The largest absolute Gasteiger partial charge is 0.478 e. The van der Waals surface area contributed by atoms with Gasteiger partial charge in [0.25, 0.3) is 5.91 Å². The fourth-order valence-corrected chi connectivity index (χ4v) is 6.51. The Morgan fingerprint density at radius 3 is 2.46 bits per heavy atom. The second kappa shape index (κ2) is 10.6. The number of hydrogen-bond donors (Lipinski definition) is 1. The smallest absolute Gasteiger partial charge is 0.337 e. The van der Waals surface area contributed by atoms with Crippen LogP contribution in [0.3, 0.4) is 0 Å². The molecule has 5 rings (SSSR count). The number of hydrogen-bond acceptors (Lipinski definition) is 5. The van der Waals surface area contributed by atoms with Gasteiger partial charge >= 0.3 is 5.97 Å². The van der Waals surface area contributed by atoms with Crippen LogP contribution in [0, 0.1) is 0 Å². The molecule has 0 unspecified atom stereocenters. The topological polar surface area (TPSA) is 83.1 Å².